The molecule has 1 aromatic heterocycles. The van der Waals surface area contributed by atoms with Crippen LogP contribution >= 0.6 is 35.0 Å². The van der Waals surface area contributed by atoms with Crippen LogP contribution in [0.3, 0.4) is 0 Å². The topological polar surface area (TPSA) is 51.2 Å². The van der Waals surface area contributed by atoms with E-state index in [0.717, 1.165) is 21.5 Å². The molecule has 0 aliphatic heterocycles. The second-order valence-electron chi connectivity index (χ2n) is 5.57. The van der Waals surface area contributed by atoms with Gasteiger partial charge < -0.3 is 10.1 Å². The first-order chi connectivity index (χ1) is 12.5. The molecule has 26 heavy (non-hydrogen) atoms. The van der Waals surface area contributed by atoms with Crippen LogP contribution in [0.4, 0.5) is 5.69 Å². The van der Waals surface area contributed by atoms with Gasteiger partial charge in [0.15, 0.2) is 0 Å². The number of anilines is 1. The molecule has 134 valence electrons. The lowest BCUT2D eigenvalue weighted by atomic mass is 10.1. The first-order valence-corrected chi connectivity index (χ1v) is 9.54. The van der Waals surface area contributed by atoms with Gasteiger partial charge in [0, 0.05) is 5.39 Å². The molecule has 2 aromatic carbocycles. The first-order valence-electron chi connectivity index (χ1n) is 7.80. The second-order valence-corrected chi connectivity index (χ2v) is 7.35. The monoisotopic (exact) mass is 406 g/mol. The number of thioether (sulfide) groups is 1. The van der Waals surface area contributed by atoms with Gasteiger partial charge in [0.2, 0.25) is 5.91 Å². The third kappa shape index (κ3) is 4.06. The van der Waals surface area contributed by atoms with Gasteiger partial charge in [0.05, 0.1) is 33.6 Å². The number of fused-ring (bicyclic) bond motifs is 1. The van der Waals surface area contributed by atoms with E-state index >= 15 is 0 Å². The number of hydrogen-bond acceptors (Lipinski definition) is 4. The van der Waals surface area contributed by atoms with Gasteiger partial charge in [-0.2, -0.15) is 0 Å². The molecule has 0 saturated heterocycles. The highest BCUT2D eigenvalue weighted by Crippen LogP contribution is 2.31. The Morgan fingerprint density at radius 1 is 1.23 bits per heavy atom. The highest BCUT2D eigenvalue weighted by molar-refractivity contribution is 7.99. The summed E-state index contributed by atoms with van der Waals surface area (Å²) in [6.45, 7) is 2.01. The minimum atomic E-state index is -0.182. The highest BCUT2D eigenvalue weighted by atomic mass is 35.5. The van der Waals surface area contributed by atoms with E-state index in [4.69, 9.17) is 27.9 Å². The number of para-hydroxylation sites is 1. The largest absolute Gasteiger partial charge is 0.494 e. The number of nitrogens with one attached hydrogen (secondary N) is 1. The minimum absolute atomic E-state index is 0.182. The molecule has 0 saturated carbocycles. The molecule has 0 bridgehead atoms. The predicted octanol–water partition coefficient (Wildman–Crippen LogP) is 5.59. The summed E-state index contributed by atoms with van der Waals surface area (Å²) in [7, 11) is 1.62. The molecule has 1 amide bonds. The Bertz CT molecular complexity index is 979. The maximum absolute atomic E-state index is 12.2. The Morgan fingerprint density at radius 3 is 2.77 bits per heavy atom. The highest BCUT2D eigenvalue weighted by Gasteiger charge is 2.11. The van der Waals surface area contributed by atoms with Crippen LogP contribution in [0.1, 0.15) is 5.56 Å². The van der Waals surface area contributed by atoms with Crippen LogP contribution in [0.25, 0.3) is 10.9 Å². The maximum atomic E-state index is 12.2. The zero-order valence-corrected chi connectivity index (χ0v) is 16.5. The van der Waals surface area contributed by atoms with Crippen molar-refractivity contribution >= 4 is 57.5 Å². The zero-order valence-electron chi connectivity index (χ0n) is 14.2. The standard InChI is InChI=1S/C19H16Cl2N2O2S/c1-11-9-17(23-19-12(11)5-3-8-15(19)25-2)26-10-16(24)22-14-7-4-6-13(20)18(14)21/h3-9H,10H2,1-2H3,(H,22,24). The number of pyridine rings is 1. The van der Waals surface area contributed by atoms with Crippen LogP contribution in [-0.2, 0) is 4.79 Å². The molecule has 0 atom stereocenters. The van der Waals surface area contributed by atoms with E-state index in [1.807, 2.05) is 31.2 Å². The Balaban J connectivity index is 1.75. The Morgan fingerprint density at radius 2 is 2.00 bits per heavy atom. The van der Waals surface area contributed by atoms with Crippen molar-refractivity contribution in [1.29, 1.82) is 0 Å². The van der Waals surface area contributed by atoms with Crippen LogP contribution < -0.4 is 10.1 Å². The minimum Gasteiger partial charge on any atom is -0.494 e. The number of nitrogens with zero attached hydrogens (tertiary/aromatic N) is 1. The fourth-order valence-corrected chi connectivity index (χ4v) is 3.64. The van der Waals surface area contributed by atoms with Gasteiger partial charge in [0.1, 0.15) is 11.3 Å². The molecule has 0 fully saturated rings. The van der Waals surface area contributed by atoms with Crippen LogP contribution in [0, 0.1) is 6.92 Å². The van der Waals surface area contributed by atoms with Crippen LogP contribution in [0.15, 0.2) is 47.5 Å². The molecule has 1 N–H and O–H groups in total. The maximum Gasteiger partial charge on any atom is 0.234 e. The Labute approximate surface area is 165 Å². The number of methoxy groups -OCH3 is 1. The van der Waals surface area contributed by atoms with Gasteiger partial charge >= 0.3 is 0 Å². The molecular formula is C19H16Cl2N2O2S. The fraction of sp³-hybridized carbons (Fsp3) is 0.158. The Hall–Kier alpha value is -1.95. The number of halogens is 2. The van der Waals surface area contributed by atoms with E-state index in [1.165, 1.54) is 11.8 Å². The van der Waals surface area contributed by atoms with E-state index in [1.54, 1.807) is 25.3 Å². The molecule has 4 nitrogen and oxygen atoms in total. The molecule has 0 aliphatic rings. The zero-order chi connectivity index (χ0) is 18.7. The van der Waals surface area contributed by atoms with E-state index in [0.29, 0.717) is 21.5 Å². The van der Waals surface area contributed by atoms with Crippen molar-refractivity contribution in [1.82, 2.24) is 4.98 Å². The summed E-state index contributed by atoms with van der Waals surface area (Å²) in [6, 6.07) is 12.9. The smallest absolute Gasteiger partial charge is 0.234 e. The SMILES string of the molecule is COc1cccc2c(C)cc(SCC(=O)Nc3cccc(Cl)c3Cl)nc12. The van der Waals surface area contributed by atoms with E-state index in [-0.39, 0.29) is 11.7 Å². The number of carbonyl (C=O) groups excluding carboxylic acids is 1. The second kappa shape index (κ2) is 8.16. The van der Waals surface area contributed by atoms with Gasteiger partial charge in [-0.3, -0.25) is 4.79 Å². The van der Waals surface area contributed by atoms with Crippen molar-refractivity contribution in [3.05, 3.63) is 58.1 Å². The Kier molecular flexibility index (Phi) is 5.91. The molecule has 3 aromatic rings. The summed E-state index contributed by atoms with van der Waals surface area (Å²) in [5, 5.41) is 5.28. The van der Waals surface area contributed by atoms with Gasteiger partial charge in [0.25, 0.3) is 0 Å². The normalized spacial score (nSPS) is 10.8. The number of hydrogen-bond donors (Lipinski definition) is 1. The molecule has 3 rings (SSSR count). The van der Waals surface area contributed by atoms with Crippen molar-refractivity contribution in [3.63, 3.8) is 0 Å². The quantitative estimate of drug-likeness (QED) is 0.561. The van der Waals surface area contributed by atoms with Gasteiger partial charge in [-0.25, -0.2) is 4.98 Å². The predicted molar refractivity (Wildman–Crippen MR) is 109 cm³/mol. The summed E-state index contributed by atoms with van der Waals surface area (Å²) in [5.41, 5.74) is 2.36. The number of rotatable bonds is 5. The summed E-state index contributed by atoms with van der Waals surface area (Å²) >= 11 is 13.4. The molecular weight excluding hydrogens is 391 g/mol. The average Bonchev–Trinajstić information content (AvgIpc) is 2.63. The molecule has 0 radical (unpaired) electrons. The van der Waals surface area contributed by atoms with Crippen molar-refractivity contribution in [2.45, 2.75) is 11.9 Å². The van der Waals surface area contributed by atoms with Crippen LogP contribution in [0.2, 0.25) is 10.0 Å². The number of carbonyl (C=O) groups is 1. The average molecular weight is 407 g/mol. The number of ether oxygens (including phenoxy) is 1. The fourth-order valence-electron chi connectivity index (χ4n) is 2.53. The number of aryl methyl sites for hydroxylation is 1. The van der Waals surface area contributed by atoms with Crippen molar-refractivity contribution < 1.29 is 9.53 Å². The third-order valence-electron chi connectivity index (χ3n) is 3.78. The summed E-state index contributed by atoms with van der Waals surface area (Å²) in [6.07, 6.45) is 0. The lowest BCUT2D eigenvalue weighted by molar-refractivity contribution is -0.113. The van der Waals surface area contributed by atoms with Gasteiger partial charge in [-0.15, -0.1) is 0 Å². The summed E-state index contributed by atoms with van der Waals surface area (Å²) in [5.74, 6) is 0.734. The number of aromatic nitrogens is 1. The molecule has 0 spiro atoms. The van der Waals surface area contributed by atoms with Crippen molar-refractivity contribution in [2.75, 3.05) is 18.2 Å². The van der Waals surface area contributed by atoms with Crippen molar-refractivity contribution in [2.24, 2.45) is 0 Å². The van der Waals surface area contributed by atoms with Crippen molar-refractivity contribution in [3.8, 4) is 5.75 Å². The molecule has 0 aliphatic carbocycles. The summed E-state index contributed by atoms with van der Waals surface area (Å²) < 4.78 is 5.39. The third-order valence-corrected chi connectivity index (χ3v) is 5.51. The first kappa shape index (κ1) is 18.8. The number of benzene rings is 2. The lowest BCUT2D eigenvalue weighted by Gasteiger charge is -2.10. The van der Waals surface area contributed by atoms with Crippen LogP contribution in [0.5, 0.6) is 5.75 Å². The molecule has 7 heteroatoms. The van der Waals surface area contributed by atoms with Gasteiger partial charge in [-0.05, 0) is 36.8 Å². The van der Waals surface area contributed by atoms with Gasteiger partial charge in [-0.1, -0.05) is 53.2 Å². The molecule has 0 unspecified atom stereocenters. The van der Waals surface area contributed by atoms with E-state index < -0.39 is 0 Å². The van der Waals surface area contributed by atoms with Crippen LogP contribution in [-0.4, -0.2) is 23.8 Å². The number of amides is 1. The molecule has 1 heterocycles. The van der Waals surface area contributed by atoms with E-state index in [9.17, 15) is 4.79 Å². The lowest BCUT2D eigenvalue weighted by Crippen LogP contribution is -2.14. The van der Waals surface area contributed by atoms with E-state index in [2.05, 4.69) is 10.3 Å². The summed E-state index contributed by atoms with van der Waals surface area (Å²) in [4.78, 5) is 16.9.